The lowest BCUT2D eigenvalue weighted by atomic mass is 10.2. The molecule has 0 fully saturated rings. The second-order valence-corrected chi connectivity index (χ2v) is 3.75. The van der Waals surface area contributed by atoms with Crippen molar-refractivity contribution in [3.05, 3.63) is 12.1 Å². The minimum absolute atomic E-state index is 0.572. The molecule has 92 valence electrons. The molecule has 2 rings (SSSR count). The molecule has 0 atom stereocenters. The zero-order valence-electron chi connectivity index (χ0n) is 10.0. The summed E-state index contributed by atoms with van der Waals surface area (Å²) in [7, 11) is 1.97. The van der Waals surface area contributed by atoms with Crippen LogP contribution in [0.1, 0.15) is 6.92 Å². The molecule has 0 amide bonds. The first-order chi connectivity index (χ1) is 8.24. The Balaban J connectivity index is 2.23. The Morgan fingerprint density at radius 1 is 1.35 bits per heavy atom. The highest BCUT2D eigenvalue weighted by Crippen LogP contribution is 2.27. The van der Waals surface area contributed by atoms with Gasteiger partial charge < -0.3 is 15.4 Å². The van der Waals surface area contributed by atoms with Crippen molar-refractivity contribution in [2.75, 3.05) is 37.4 Å². The van der Waals surface area contributed by atoms with Gasteiger partial charge >= 0.3 is 0 Å². The third-order valence-corrected chi connectivity index (χ3v) is 2.61. The Labute approximate surface area is 99.3 Å². The maximum Gasteiger partial charge on any atom is 0.160 e. The predicted octanol–water partition coefficient (Wildman–Crippen LogP) is 1.28. The quantitative estimate of drug-likeness (QED) is 0.622. The number of ether oxygens (including phenoxy) is 1. The lowest BCUT2D eigenvalue weighted by molar-refractivity contribution is 0.154. The van der Waals surface area contributed by atoms with Crippen molar-refractivity contribution in [1.82, 2.24) is 10.3 Å². The van der Waals surface area contributed by atoms with Crippen LogP contribution >= 0.6 is 0 Å². The van der Waals surface area contributed by atoms with Crippen LogP contribution in [0.4, 0.5) is 11.4 Å². The van der Waals surface area contributed by atoms with Gasteiger partial charge in [-0.2, -0.15) is 0 Å². The minimum Gasteiger partial charge on any atom is -0.397 e. The second kappa shape index (κ2) is 5.01. The van der Waals surface area contributed by atoms with Gasteiger partial charge in [0.15, 0.2) is 11.0 Å². The molecule has 1 aromatic heterocycles. The van der Waals surface area contributed by atoms with E-state index in [2.05, 4.69) is 10.3 Å². The molecule has 6 heteroatoms. The number of nitrogen functional groups attached to an aromatic ring is 1. The smallest absolute Gasteiger partial charge is 0.160 e. The van der Waals surface area contributed by atoms with Gasteiger partial charge in [0, 0.05) is 20.2 Å². The van der Waals surface area contributed by atoms with Crippen LogP contribution in [0.15, 0.2) is 16.8 Å². The van der Waals surface area contributed by atoms with Crippen LogP contribution in [0.2, 0.25) is 0 Å². The van der Waals surface area contributed by atoms with E-state index in [1.807, 2.05) is 24.9 Å². The molecule has 0 saturated carbocycles. The molecule has 0 unspecified atom stereocenters. The van der Waals surface area contributed by atoms with Crippen molar-refractivity contribution in [2.24, 2.45) is 0 Å². The van der Waals surface area contributed by atoms with Gasteiger partial charge in [-0.25, -0.2) is 4.63 Å². The number of hydrogen-bond donors (Lipinski definition) is 1. The van der Waals surface area contributed by atoms with Crippen LogP contribution in [0.25, 0.3) is 11.0 Å². The van der Waals surface area contributed by atoms with E-state index < -0.39 is 0 Å². The van der Waals surface area contributed by atoms with E-state index in [-0.39, 0.29) is 0 Å². The predicted molar refractivity (Wildman–Crippen MR) is 66.0 cm³/mol. The lowest BCUT2D eigenvalue weighted by Gasteiger charge is -2.19. The molecule has 0 radical (unpaired) electrons. The van der Waals surface area contributed by atoms with E-state index in [9.17, 15) is 0 Å². The van der Waals surface area contributed by atoms with Gasteiger partial charge in [-0.1, -0.05) is 0 Å². The molecule has 1 aromatic carbocycles. The molecule has 0 bridgehead atoms. The molecule has 2 aromatic rings. The molecule has 0 aliphatic heterocycles. The fourth-order valence-corrected chi connectivity index (χ4v) is 1.65. The van der Waals surface area contributed by atoms with Crippen molar-refractivity contribution in [3.63, 3.8) is 0 Å². The van der Waals surface area contributed by atoms with Gasteiger partial charge in [-0.05, 0) is 29.4 Å². The molecular weight excluding hydrogens is 220 g/mol. The number of anilines is 2. The Morgan fingerprint density at radius 2 is 2.12 bits per heavy atom. The summed E-state index contributed by atoms with van der Waals surface area (Å²) >= 11 is 0. The van der Waals surface area contributed by atoms with Crippen LogP contribution in [0.5, 0.6) is 0 Å². The minimum atomic E-state index is 0.572. The first-order valence-electron chi connectivity index (χ1n) is 5.53. The van der Waals surface area contributed by atoms with E-state index in [4.69, 9.17) is 15.1 Å². The number of nitrogens with two attached hydrogens (primary N) is 1. The molecule has 0 aliphatic rings. The first-order valence-corrected chi connectivity index (χ1v) is 5.53. The molecule has 0 spiro atoms. The number of nitrogens with zero attached hydrogens (tertiary/aromatic N) is 3. The summed E-state index contributed by atoms with van der Waals surface area (Å²) in [5.74, 6) is 0. The van der Waals surface area contributed by atoms with Gasteiger partial charge in [0.25, 0.3) is 0 Å². The SMILES string of the molecule is CCOCCN(C)c1ccc(N)c2nonc12. The Kier molecular flexibility index (Phi) is 3.43. The van der Waals surface area contributed by atoms with Gasteiger partial charge in [-0.15, -0.1) is 0 Å². The molecule has 1 heterocycles. The monoisotopic (exact) mass is 236 g/mol. The van der Waals surface area contributed by atoms with Crippen molar-refractivity contribution >= 4 is 22.4 Å². The summed E-state index contributed by atoms with van der Waals surface area (Å²) in [6, 6.07) is 3.72. The maximum atomic E-state index is 5.79. The van der Waals surface area contributed by atoms with E-state index in [1.165, 1.54) is 0 Å². The first kappa shape index (κ1) is 11.7. The zero-order valence-corrected chi connectivity index (χ0v) is 10.0. The van der Waals surface area contributed by atoms with Gasteiger partial charge in [0.1, 0.15) is 0 Å². The van der Waals surface area contributed by atoms with Crippen molar-refractivity contribution in [1.29, 1.82) is 0 Å². The van der Waals surface area contributed by atoms with Crippen LogP contribution in [0.3, 0.4) is 0 Å². The third-order valence-electron chi connectivity index (χ3n) is 2.61. The fourth-order valence-electron chi connectivity index (χ4n) is 1.65. The largest absolute Gasteiger partial charge is 0.397 e. The lowest BCUT2D eigenvalue weighted by Crippen LogP contribution is -2.22. The third kappa shape index (κ3) is 2.31. The zero-order chi connectivity index (χ0) is 12.3. The topological polar surface area (TPSA) is 77.4 Å². The average molecular weight is 236 g/mol. The normalized spacial score (nSPS) is 10.9. The van der Waals surface area contributed by atoms with Gasteiger partial charge in [0.2, 0.25) is 0 Å². The standard InChI is InChI=1S/C11H16N4O2/c1-3-16-7-6-15(2)9-5-4-8(12)10-11(9)14-17-13-10/h4-5H,3,6-7,12H2,1-2H3. The maximum absolute atomic E-state index is 5.79. The summed E-state index contributed by atoms with van der Waals surface area (Å²) in [6.07, 6.45) is 0. The Hall–Kier alpha value is -1.82. The molecule has 0 aliphatic carbocycles. The molecule has 2 N–H and O–H groups in total. The number of benzene rings is 1. The molecule has 6 nitrogen and oxygen atoms in total. The Morgan fingerprint density at radius 3 is 2.88 bits per heavy atom. The van der Waals surface area contributed by atoms with E-state index >= 15 is 0 Å². The van der Waals surface area contributed by atoms with E-state index in [0.29, 0.717) is 23.3 Å². The van der Waals surface area contributed by atoms with Crippen molar-refractivity contribution in [2.45, 2.75) is 6.92 Å². The number of rotatable bonds is 5. The summed E-state index contributed by atoms with van der Waals surface area (Å²) < 4.78 is 10.0. The number of fused-ring (bicyclic) bond motifs is 1. The summed E-state index contributed by atoms with van der Waals surface area (Å²) in [6.45, 7) is 4.14. The number of likely N-dealkylation sites (N-methyl/N-ethyl adjacent to an activating group) is 1. The molecule has 17 heavy (non-hydrogen) atoms. The number of hydrogen-bond acceptors (Lipinski definition) is 6. The molecule has 0 saturated heterocycles. The summed E-state index contributed by atoms with van der Waals surface area (Å²) in [5.41, 5.74) is 8.58. The van der Waals surface area contributed by atoms with Gasteiger partial charge in [-0.3, -0.25) is 0 Å². The van der Waals surface area contributed by atoms with E-state index in [1.54, 1.807) is 6.07 Å². The highest BCUT2D eigenvalue weighted by atomic mass is 16.6. The fraction of sp³-hybridized carbons (Fsp3) is 0.455. The van der Waals surface area contributed by atoms with Gasteiger partial charge in [0.05, 0.1) is 18.0 Å². The van der Waals surface area contributed by atoms with E-state index in [0.717, 1.165) is 18.8 Å². The van der Waals surface area contributed by atoms with Crippen LogP contribution in [-0.4, -0.2) is 37.1 Å². The van der Waals surface area contributed by atoms with Crippen molar-refractivity contribution in [3.8, 4) is 0 Å². The highest BCUT2D eigenvalue weighted by Gasteiger charge is 2.12. The van der Waals surface area contributed by atoms with Crippen molar-refractivity contribution < 1.29 is 9.37 Å². The summed E-state index contributed by atoms with van der Waals surface area (Å²) in [5, 5.41) is 7.67. The Bertz CT molecular complexity index is 497. The average Bonchev–Trinajstić information content (AvgIpc) is 2.79. The summed E-state index contributed by atoms with van der Waals surface area (Å²) in [4.78, 5) is 2.04. The second-order valence-electron chi connectivity index (χ2n) is 3.75. The highest BCUT2D eigenvalue weighted by molar-refractivity contribution is 5.95. The molecular formula is C11H16N4O2. The van der Waals surface area contributed by atoms with Crippen LogP contribution in [0, 0.1) is 0 Å². The van der Waals surface area contributed by atoms with Crippen LogP contribution < -0.4 is 10.6 Å². The van der Waals surface area contributed by atoms with Crippen LogP contribution in [-0.2, 0) is 4.74 Å². The number of aromatic nitrogens is 2.